The number of likely N-dealkylation sites (tertiary alicyclic amines) is 1. The second kappa shape index (κ2) is 3.72. The Morgan fingerprint density at radius 1 is 1.36 bits per heavy atom. The molecule has 0 aromatic heterocycles. The van der Waals surface area contributed by atoms with Gasteiger partial charge in [0.2, 0.25) is 0 Å². The standard InChI is InChI=1S/C7H14N2O.ClH/c10-7-1-2-9(5-7)6-3-8-4-6;/h6-8,10H,1-5H2;1H/t7-;/m1./s1. The molecule has 0 saturated carbocycles. The topological polar surface area (TPSA) is 35.5 Å². The maximum absolute atomic E-state index is 9.21. The van der Waals surface area contributed by atoms with Gasteiger partial charge in [-0.15, -0.1) is 12.4 Å². The van der Waals surface area contributed by atoms with E-state index in [2.05, 4.69) is 10.2 Å². The van der Waals surface area contributed by atoms with E-state index in [1.807, 2.05) is 0 Å². The first-order valence-corrected chi connectivity index (χ1v) is 3.99. The average Bonchev–Trinajstić information content (AvgIpc) is 2.10. The zero-order valence-electron chi connectivity index (χ0n) is 6.49. The molecule has 2 fully saturated rings. The molecule has 4 heteroatoms. The third kappa shape index (κ3) is 1.85. The number of aliphatic hydroxyl groups is 1. The van der Waals surface area contributed by atoms with Gasteiger partial charge >= 0.3 is 0 Å². The number of rotatable bonds is 1. The van der Waals surface area contributed by atoms with Crippen molar-refractivity contribution in [2.45, 2.75) is 18.6 Å². The molecular formula is C7H15ClN2O. The number of β-amino-alcohol motifs (C(OH)–C–C–N with tert-alkyl or cyclic N) is 1. The first kappa shape index (κ1) is 9.26. The smallest absolute Gasteiger partial charge is 0.0679 e. The van der Waals surface area contributed by atoms with Gasteiger partial charge < -0.3 is 10.4 Å². The Labute approximate surface area is 73.2 Å². The monoisotopic (exact) mass is 178 g/mol. The number of hydrogen-bond acceptors (Lipinski definition) is 3. The quantitative estimate of drug-likeness (QED) is 0.566. The van der Waals surface area contributed by atoms with Gasteiger partial charge in [0.15, 0.2) is 0 Å². The van der Waals surface area contributed by atoms with Gasteiger partial charge in [-0.25, -0.2) is 0 Å². The van der Waals surface area contributed by atoms with Crippen LogP contribution in [0.5, 0.6) is 0 Å². The van der Waals surface area contributed by atoms with Crippen molar-refractivity contribution in [1.29, 1.82) is 0 Å². The third-order valence-corrected chi connectivity index (χ3v) is 2.47. The molecule has 2 N–H and O–H groups in total. The van der Waals surface area contributed by atoms with Crippen LogP contribution in [0.25, 0.3) is 0 Å². The van der Waals surface area contributed by atoms with Gasteiger partial charge in [0.25, 0.3) is 0 Å². The van der Waals surface area contributed by atoms with Crippen LogP contribution < -0.4 is 5.32 Å². The van der Waals surface area contributed by atoms with E-state index in [9.17, 15) is 5.11 Å². The Kier molecular flexibility index (Phi) is 3.13. The number of nitrogens with one attached hydrogen (secondary N) is 1. The van der Waals surface area contributed by atoms with E-state index in [1.54, 1.807) is 0 Å². The van der Waals surface area contributed by atoms with Crippen LogP contribution in [-0.4, -0.2) is 48.3 Å². The summed E-state index contributed by atoms with van der Waals surface area (Å²) < 4.78 is 0. The summed E-state index contributed by atoms with van der Waals surface area (Å²) in [5.41, 5.74) is 0. The van der Waals surface area contributed by atoms with Gasteiger partial charge in [0.05, 0.1) is 6.10 Å². The summed E-state index contributed by atoms with van der Waals surface area (Å²) in [6.07, 6.45) is 0.914. The lowest BCUT2D eigenvalue weighted by atomic mass is 10.1. The summed E-state index contributed by atoms with van der Waals surface area (Å²) in [4.78, 5) is 2.38. The molecule has 0 amide bonds. The van der Waals surface area contributed by atoms with E-state index >= 15 is 0 Å². The largest absolute Gasteiger partial charge is 0.392 e. The number of halogens is 1. The summed E-state index contributed by atoms with van der Waals surface area (Å²) in [5.74, 6) is 0. The van der Waals surface area contributed by atoms with E-state index in [0.717, 1.165) is 38.6 Å². The lowest BCUT2D eigenvalue weighted by molar-refractivity contribution is 0.136. The first-order chi connectivity index (χ1) is 4.86. The molecule has 2 rings (SSSR count). The first-order valence-electron chi connectivity index (χ1n) is 3.99. The van der Waals surface area contributed by atoms with E-state index in [-0.39, 0.29) is 18.5 Å². The highest BCUT2D eigenvalue weighted by Crippen LogP contribution is 2.14. The van der Waals surface area contributed by atoms with E-state index in [0.29, 0.717) is 0 Å². The molecule has 66 valence electrons. The zero-order valence-corrected chi connectivity index (χ0v) is 7.31. The predicted octanol–water partition coefficient (Wildman–Crippen LogP) is -0.553. The molecule has 0 radical (unpaired) electrons. The molecule has 0 aromatic rings. The highest BCUT2D eigenvalue weighted by Gasteiger charge is 2.29. The van der Waals surface area contributed by atoms with Crippen molar-refractivity contribution in [3.05, 3.63) is 0 Å². The fourth-order valence-corrected chi connectivity index (χ4v) is 1.63. The summed E-state index contributed by atoms with van der Waals surface area (Å²) in [6, 6.07) is 0.720. The van der Waals surface area contributed by atoms with Crippen LogP contribution in [0.15, 0.2) is 0 Å². The van der Waals surface area contributed by atoms with Crippen molar-refractivity contribution in [2.75, 3.05) is 26.2 Å². The molecule has 0 unspecified atom stereocenters. The SMILES string of the molecule is Cl.O[C@@H]1CCN(C2CNC2)C1. The van der Waals surface area contributed by atoms with E-state index in [1.165, 1.54) is 0 Å². The molecule has 0 bridgehead atoms. The molecule has 2 saturated heterocycles. The molecule has 11 heavy (non-hydrogen) atoms. The van der Waals surface area contributed by atoms with Gasteiger partial charge in [-0.05, 0) is 6.42 Å². The summed E-state index contributed by atoms with van der Waals surface area (Å²) >= 11 is 0. The normalized spacial score (nSPS) is 33.0. The second-order valence-electron chi connectivity index (χ2n) is 3.25. The highest BCUT2D eigenvalue weighted by molar-refractivity contribution is 5.85. The van der Waals surface area contributed by atoms with Gasteiger partial charge in [-0.3, -0.25) is 4.90 Å². The van der Waals surface area contributed by atoms with Gasteiger partial charge in [-0.1, -0.05) is 0 Å². The van der Waals surface area contributed by atoms with Gasteiger partial charge in [-0.2, -0.15) is 0 Å². The molecule has 1 atom stereocenters. The van der Waals surface area contributed by atoms with Crippen LogP contribution in [0.4, 0.5) is 0 Å². The minimum absolute atomic E-state index is 0. The summed E-state index contributed by atoms with van der Waals surface area (Å²) in [6.45, 7) is 4.22. The lowest BCUT2D eigenvalue weighted by Crippen LogP contribution is -2.56. The Balaban J connectivity index is 0.000000605. The Bertz CT molecular complexity index is 130. The minimum Gasteiger partial charge on any atom is -0.392 e. The van der Waals surface area contributed by atoms with Crippen molar-refractivity contribution in [2.24, 2.45) is 0 Å². The molecule has 0 aliphatic carbocycles. The Morgan fingerprint density at radius 2 is 2.09 bits per heavy atom. The van der Waals surface area contributed by atoms with Crippen LogP contribution in [0.3, 0.4) is 0 Å². The summed E-state index contributed by atoms with van der Waals surface area (Å²) in [5, 5.41) is 12.4. The van der Waals surface area contributed by atoms with Crippen LogP contribution >= 0.6 is 12.4 Å². The van der Waals surface area contributed by atoms with Crippen LogP contribution in [0.1, 0.15) is 6.42 Å². The van der Waals surface area contributed by atoms with Crippen molar-refractivity contribution in [3.63, 3.8) is 0 Å². The highest BCUT2D eigenvalue weighted by atomic mass is 35.5. The molecular weight excluding hydrogens is 164 g/mol. The molecule has 0 aromatic carbocycles. The fraction of sp³-hybridized carbons (Fsp3) is 1.00. The molecule has 3 nitrogen and oxygen atoms in total. The predicted molar refractivity (Wildman–Crippen MR) is 46.1 cm³/mol. The summed E-state index contributed by atoms with van der Waals surface area (Å²) in [7, 11) is 0. The van der Waals surface area contributed by atoms with Crippen molar-refractivity contribution < 1.29 is 5.11 Å². The maximum Gasteiger partial charge on any atom is 0.0679 e. The lowest BCUT2D eigenvalue weighted by Gasteiger charge is -2.35. The van der Waals surface area contributed by atoms with Crippen molar-refractivity contribution >= 4 is 12.4 Å². The molecule has 2 heterocycles. The molecule has 2 aliphatic heterocycles. The number of hydrogen-bond donors (Lipinski definition) is 2. The van der Waals surface area contributed by atoms with Crippen molar-refractivity contribution in [1.82, 2.24) is 10.2 Å². The van der Waals surface area contributed by atoms with Crippen LogP contribution in [0, 0.1) is 0 Å². The Morgan fingerprint density at radius 3 is 2.45 bits per heavy atom. The Hall–Kier alpha value is 0.170. The molecule has 2 aliphatic rings. The second-order valence-corrected chi connectivity index (χ2v) is 3.25. The van der Waals surface area contributed by atoms with E-state index < -0.39 is 0 Å². The van der Waals surface area contributed by atoms with Crippen LogP contribution in [0.2, 0.25) is 0 Å². The van der Waals surface area contributed by atoms with Gasteiger partial charge in [0, 0.05) is 32.2 Å². The number of nitrogens with zero attached hydrogens (tertiary/aromatic N) is 1. The molecule has 0 spiro atoms. The maximum atomic E-state index is 9.21. The van der Waals surface area contributed by atoms with E-state index in [4.69, 9.17) is 0 Å². The zero-order chi connectivity index (χ0) is 6.97. The minimum atomic E-state index is -0.0550. The van der Waals surface area contributed by atoms with Gasteiger partial charge in [0.1, 0.15) is 0 Å². The fourth-order valence-electron chi connectivity index (χ4n) is 1.63. The number of aliphatic hydroxyl groups excluding tert-OH is 1. The van der Waals surface area contributed by atoms with Crippen molar-refractivity contribution in [3.8, 4) is 0 Å². The van der Waals surface area contributed by atoms with Crippen LogP contribution in [-0.2, 0) is 0 Å². The third-order valence-electron chi connectivity index (χ3n) is 2.47. The average molecular weight is 179 g/mol.